The third-order valence-electron chi connectivity index (χ3n) is 7.58. The molecule has 3 atom stereocenters. The zero-order chi connectivity index (χ0) is 29.6. The van der Waals surface area contributed by atoms with Crippen molar-refractivity contribution in [3.8, 4) is 0 Å². The third-order valence-corrected chi connectivity index (χ3v) is 8.90. The predicted molar refractivity (Wildman–Crippen MR) is 174 cm³/mol. The largest absolute Gasteiger partial charge is 0.358 e. The molecule has 5 aromatic rings. The van der Waals surface area contributed by atoms with Gasteiger partial charge in [-0.15, -0.1) is 0 Å². The van der Waals surface area contributed by atoms with Gasteiger partial charge < -0.3 is 14.8 Å². The molecule has 43 heavy (non-hydrogen) atoms. The number of alkyl halides is 1. The van der Waals surface area contributed by atoms with Crippen molar-refractivity contribution in [2.45, 2.75) is 28.3 Å². The Labute approximate surface area is 263 Å². The highest BCUT2D eigenvalue weighted by molar-refractivity contribution is 14.1. The van der Waals surface area contributed by atoms with Crippen molar-refractivity contribution in [2.24, 2.45) is 0 Å². The fourth-order valence-electron chi connectivity index (χ4n) is 5.47. The molecule has 216 valence electrons. The molecule has 1 N–H and O–H groups in total. The first-order valence-corrected chi connectivity index (χ1v) is 15.3. The van der Waals surface area contributed by atoms with Crippen LogP contribution in [-0.4, -0.2) is 32.1 Å². The van der Waals surface area contributed by atoms with Crippen LogP contribution in [0.1, 0.15) is 39.7 Å². The summed E-state index contributed by atoms with van der Waals surface area (Å²) in [5.41, 5.74) is 2.18. The number of carbonyl (C=O) groups is 1. The molecule has 2 heterocycles. The van der Waals surface area contributed by atoms with Gasteiger partial charge >= 0.3 is 5.69 Å². The van der Waals surface area contributed by atoms with Crippen LogP contribution in [0.25, 0.3) is 0 Å². The minimum atomic E-state index is -0.863. The van der Waals surface area contributed by atoms with E-state index in [1.165, 1.54) is 4.57 Å². The molecule has 8 heteroatoms. The standard InChI is InChI=1S/C35H30IN3O4/c36-29-23-32(39-22-21-31(38-34(39)41)37-33(40)25-13-5-1-6-14-25)43-30(29)24-42-35(26-15-7-2-8-16-26,27-17-9-3-10-18-27)28-19-11-4-12-20-28/h1-22,29-30,32H,23-24H2,(H,37,38,40,41)/t29-,30-,32+/m0/s1. The second-order valence-corrected chi connectivity index (χ2v) is 11.9. The molecule has 0 spiro atoms. The first kappa shape index (κ1) is 29.0. The number of rotatable bonds is 9. The number of nitrogens with zero attached hydrogens (tertiary/aromatic N) is 2. The SMILES string of the molecule is O=C(Nc1ccn([C@H]2C[C@H](I)[C@H](COC(c3ccccc3)(c3ccccc3)c3ccccc3)O2)c(=O)n1)c1ccccc1. The molecular formula is C35H30IN3O4. The summed E-state index contributed by atoms with van der Waals surface area (Å²) >= 11 is 2.37. The van der Waals surface area contributed by atoms with Gasteiger partial charge in [-0.05, 0) is 34.9 Å². The molecule has 4 aromatic carbocycles. The van der Waals surface area contributed by atoms with Gasteiger partial charge in [-0.2, -0.15) is 4.98 Å². The van der Waals surface area contributed by atoms with Crippen LogP contribution >= 0.6 is 22.6 Å². The quantitative estimate of drug-likeness (QED) is 0.108. The number of aromatic nitrogens is 2. The van der Waals surface area contributed by atoms with Crippen molar-refractivity contribution in [2.75, 3.05) is 11.9 Å². The highest BCUT2D eigenvalue weighted by Gasteiger charge is 2.41. The molecule has 1 aliphatic heterocycles. The predicted octanol–water partition coefficient (Wildman–Crippen LogP) is 6.60. The summed E-state index contributed by atoms with van der Waals surface area (Å²) in [7, 11) is 0. The van der Waals surface area contributed by atoms with Crippen molar-refractivity contribution >= 4 is 34.3 Å². The Kier molecular flexibility index (Phi) is 8.78. The summed E-state index contributed by atoms with van der Waals surface area (Å²) in [4.78, 5) is 29.6. The van der Waals surface area contributed by atoms with Crippen LogP contribution in [0.15, 0.2) is 138 Å². The summed E-state index contributed by atoms with van der Waals surface area (Å²) in [6.07, 6.45) is 1.45. The average Bonchev–Trinajstić information content (AvgIpc) is 3.43. The summed E-state index contributed by atoms with van der Waals surface area (Å²) in [6.45, 7) is 0.302. The van der Waals surface area contributed by atoms with Crippen LogP contribution in [0.2, 0.25) is 0 Å². The number of amides is 1. The summed E-state index contributed by atoms with van der Waals surface area (Å²) in [6, 6.07) is 41.1. The molecule has 1 fully saturated rings. The van der Waals surface area contributed by atoms with E-state index in [2.05, 4.69) is 69.3 Å². The number of carbonyl (C=O) groups excluding carboxylic acids is 1. The van der Waals surface area contributed by atoms with Crippen LogP contribution in [-0.2, 0) is 15.1 Å². The zero-order valence-electron chi connectivity index (χ0n) is 23.3. The number of halogens is 1. The molecule has 7 nitrogen and oxygen atoms in total. The van der Waals surface area contributed by atoms with Crippen LogP contribution in [0, 0.1) is 0 Å². The van der Waals surface area contributed by atoms with Crippen LogP contribution in [0.5, 0.6) is 0 Å². The molecule has 0 unspecified atom stereocenters. The van der Waals surface area contributed by atoms with Gasteiger partial charge in [0.1, 0.15) is 17.6 Å². The maximum absolute atomic E-state index is 13.0. The maximum Gasteiger partial charge on any atom is 0.351 e. The number of nitrogens with one attached hydrogen (secondary N) is 1. The highest BCUT2D eigenvalue weighted by Crippen LogP contribution is 2.42. The first-order valence-electron chi connectivity index (χ1n) is 14.1. The number of hydrogen-bond acceptors (Lipinski definition) is 5. The molecule has 1 saturated heterocycles. The number of ether oxygens (including phenoxy) is 2. The summed E-state index contributed by atoms with van der Waals surface area (Å²) < 4.78 is 15.0. The van der Waals surface area contributed by atoms with Crippen LogP contribution < -0.4 is 11.0 Å². The van der Waals surface area contributed by atoms with Crippen LogP contribution in [0.4, 0.5) is 5.82 Å². The first-order chi connectivity index (χ1) is 21.0. The minimum absolute atomic E-state index is 0.0898. The lowest BCUT2D eigenvalue weighted by Crippen LogP contribution is -2.37. The molecule has 0 radical (unpaired) electrons. The van der Waals surface area contributed by atoms with Crippen molar-refractivity contribution in [3.63, 3.8) is 0 Å². The monoisotopic (exact) mass is 683 g/mol. The lowest BCUT2D eigenvalue weighted by atomic mass is 9.80. The van der Waals surface area contributed by atoms with Gasteiger partial charge in [0.05, 0.1) is 12.7 Å². The van der Waals surface area contributed by atoms with Gasteiger partial charge in [0.25, 0.3) is 5.91 Å². The molecule has 1 aromatic heterocycles. The molecule has 1 amide bonds. The highest BCUT2D eigenvalue weighted by atomic mass is 127. The van der Waals surface area contributed by atoms with Gasteiger partial charge in [0.2, 0.25) is 0 Å². The Bertz CT molecular complexity index is 1620. The van der Waals surface area contributed by atoms with Crippen molar-refractivity contribution in [1.82, 2.24) is 9.55 Å². The van der Waals surface area contributed by atoms with Gasteiger partial charge in [-0.3, -0.25) is 9.36 Å². The van der Waals surface area contributed by atoms with Crippen molar-refractivity contribution in [1.29, 1.82) is 0 Å². The number of anilines is 1. The third kappa shape index (κ3) is 6.17. The van der Waals surface area contributed by atoms with Crippen LogP contribution in [0.3, 0.4) is 0 Å². The van der Waals surface area contributed by atoms with E-state index in [0.717, 1.165) is 16.7 Å². The summed E-state index contributed by atoms with van der Waals surface area (Å²) in [5.74, 6) is -0.136. The second kappa shape index (κ2) is 13.0. The van der Waals surface area contributed by atoms with Gasteiger partial charge in [0, 0.05) is 22.1 Å². The summed E-state index contributed by atoms with van der Waals surface area (Å²) in [5, 5.41) is 2.69. The number of hydrogen-bond donors (Lipinski definition) is 1. The fraction of sp³-hybridized carbons (Fsp3) is 0.171. The van der Waals surface area contributed by atoms with E-state index in [9.17, 15) is 9.59 Å². The smallest absolute Gasteiger partial charge is 0.351 e. The van der Waals surface area contributed by atoms with E-state index in [1.807, 2.05) is 60.7 Å². The van der Waals surface area contributed by atoms with E-state index in [4.69, 9.17) is 9.47 Å². The topological polar surface area (TPSA) is 82.5 Å². The Morgan fingerprint density at radius 2 is 1.35 bits per heavy atom. The zero-order valence-corrected chi connectivity index (χ0v) is 25.4. The van der Waals surface area contributed by atoms with E-state index >= 15 is 0 Å². The molecule has 1 aliphatic rings. The molecule has 0 bridgehead atoms. The average molecular weight is 684 g/mol. The number of benzene rings is 4. The van der Waals surface area contributed by atoms with Crippen molar-refractivity contribution in [3.05, 3.63) is 166 Å². The Hall–Kier alpha value is -4.12. The molecular weight excluding hydrogens is 653 g/mol. The van der Waals surface area contributed by atoms with Gasteiger partial charge in [-0.1, -0.05) is 132 Å². The van der Waals surface area contributed by atoms with Gasteiger partial charge in [-0.25, -0.2) is 4.79 Å². The molecule has 0 saturated carbocycles. The Morgan fingerprint density at radius 1 is 0.837 bits per heavy atom. The Morgan fingerprint density at radius 3 is 1.86 bits per heavy atom. The minimum Gasteiger partial charge on any atom is -0.358 e. The van der Waals surface area contributed by atoms with Gasteiger partial charge in [0.15, 0.2) is 0 Å². The van der Waals surface area contributed by atoms with E-state index in [0.29, 0.717) is 18.6 Å². The lowest BCUT2D eigenvalue weighted by Gasteiger charge is -2.37. The van der Waals surface area contributed by atoms with Crippen molar-refractivity contribution < 1.29 is 14.3 Å². The van der Waals surface area contributed by atoms with E-state index in [1.54, 1.807) is 36.5 Å². The fourth-order valence-corrected chi connectivity index (χ4v) is 6.28. The molecule has 0 aliphatic carbocycles. The van der Waals surface area contributed by atoms with E-state index < -0.39 is 17.5 Å². The normalized spacial score (nSPS) is 18.3. The Balaban J connectivity index is 1.23. The van der Waals surface area contributed by atoms with E-state index in [-0.39, 0.29) is 21.8 Å². The molecule has 6 rings (SSSR count). The maximum atomic E-state index is 13.0. The lowest BCUT2D eigenvalue weighted by molar-refractivity contribution is -0.0758. The second-order valence-electron chi connectivity index (χ2n) is 10.3.